The first-order valence-corrected chi connectivity index (χ1v) is 24.0. The zero-order chi connectivity index (χ0) is 52.3. The maximum atomic E-state index is 13.6. The summed E-state index contributed by atoms with van der Waals surface area (Å²) in [5.74, 6) is -3.97. The molecule has 0 radical (unpaired) electrons. The molecule has 0 saturated carbocycles. The summed E-state index contributed by atoms with van der Waals surface area (Å²) < 4.78 is 33.8. The van der Waals surface area contributed by atoms with Gasteiger partial charge in [0.05, 0.1) is 61.6 Å². The zero-order valence-corrected chi connectivity index (χ0v) is 44.9. The zero-order valence-electron chi connectivity index (χ0n) is 40.4. The Bertz CT molecular complexity index is 1880. The van der Waals surface area contributed by atoms with Crippen LogP contribution in [0, 0.1) is 34.5 Å². The lowest BCUT2D eigenvalue weighted by molar-refractivity contribution is -0.160. The number of aliphatic hydroxyl groups excluding tert-OH is 1. The molecule has 0 bridgehead atoms. The highest BCUT2D eigenvalue weighted by molar-refractivity contribution is 6.68. The SMILES string of the molecule is C[C@@H](COCc1ccccc1)[C@H](OC(=O)OCC(Cl)(Cl)Cl)[C@@H](C)C(=O)C(C)(C)C(O)CC(=O)OC(C)(C)C.C[C@@H](COCc1ccccc1)[C@H](OC(=O)OCC(Cl)(Cl)Cl)[C@@H](C)C(=O)C(C)(C)C=O. The molecule has 68 heavy (non-hydrogen) atoms. The van der Waals surface area contributed by atoms with Crippen LogP contribution in [0.25, 0.3) is 0 Å². The molecule has 1 N–H and O–H groups in total. The predicted molar refractivity (Wildman–Crippen MR) is 262 cm³/mol. The van der Waals surface area contributed by atoms with E-state index in [1.165, 1.54) is 27.7 Å². The van der Waals surface area contributed by atoms with Gasteiger partial charge in [-0.3, -0.25) is 14.4 Å². The van der Waals surface area contributed by atoms with E-state index in [9.17, 15) is 33.9 Å². The molecule has 2 aromatic carbocycles. The maximum absolute atomic E-state index is 13.6. The van der Waals surface area contributed by atoms with Crippen molar-refractivity contribution in [1.29, 1.82) is 0 Å². The molecule has 0 fully saturated rings. The average Bonchev–Trinajstić information content (AvgIpc) is 3.24. The number of ketones is 2. The van der Waals surface area contributed by atoms with E-state index in [1.54, 1.807) is 48.5 Å². The minimum absolute atomic E-state index is 0.149. The summed E-state index contributed by atoms with van der Waals surface area (Å²) >= 11 is 33.7. The fourth-order valence-electron chi connectivity index (χ4n) is 6.55. The molecule has 0 aromatic heterocycles. The van der Waals surface area contributed by atoms with Crippen LogP contribution in [0.5, 0.6) is 0 Å². The predicted octanol–water partition coefficient (Wildman–Crippen LogP) is 11.2. The van der Waals surface area contributed by atoms with Crippen molar-refractivity contribution >= 4 is 106 Å². The Morgan fingerprint density at radius 2 is 0.971 bits per heavy atom. The number of aldehydes is 1. The summed E-state index contributed by atoms with van der Waals surface area (Å²) in [4.78, 5) is 74.4. The maximum Gasteiger partial charge on any atom is 0.508 e. The molecule has 7 atom stereocenters. The topological polar surface area (TPSA) is 187 Å². The molecule has 0 heterocycles. The minimum Gasteiger partial charge on any atom is -0.460 e. The van der Waals surface area contributed by atoms with Crippen LogP contribution in [-0.2, 0) is 65.5 Å². The highest BCUT2D eigenvalue weighted by Gasteiger charge is 2.45. The number of hydrogen-bond acceptors (Lipinski definition) is 14. The Kier molecular flexibility index (Phi) is 26.7. The minimum atomic E-state index is -1.84. The first-order valence-electron chi connectivity index (χ1n) is 21.7. The fraction of sp³-hybridized carbons (Fsp3) is 0.625. The number of ether oxygens (including phenoxy) is 7. The second-order valence-corrected chi connectivity index (χ2v) is 23.6. The Hall–Kier alpha value is -2.92. The van der Waals surface area contributed by atoms with E-state index in [1.807, 2.05) is 60.7 Å². The van der Waals surface area contributed by atoms with Gasteiger partial charge in [0, 0.05) is 11.8 Å². The van der Waals surface area contributed by atoms with Crippen LogP contribution in [0.2, 0.25) is 0 Å². The summed E-state index contributed by atoms with van der Waals surface area (Å²) in [5, 5.41) is 10.8. The van der Waals surface area contributed by atoms with Crippen molar-refractivity contribution in [3.63, 3.8) is 0 Å². The molecule has 0 saturated heterocycles. The quantitative estimate of drug-likeness (QED) is 0.0344. The third-order valence-corrected chi connectivity index (χ3v) is 10.9. The van der Waals surface area contributed by atoms with Gasteiger partial charge in [-0.2, -0.15) is 0 Å². The van der Waals surface area contributed by atoms with Crippen molar-refractivity contribution in [3.8, 4) is 0 Å². The van der Waals surface area contributed by atoms with Crippen LogP contribution >= 0.6 is 69.6 Å². The van der Waals surface area contributed by atoms with Crippen LogP contribution in [-0.4, -0.2) is 99.2 Å². The van der Waals surface area contributed by atoms with Crippen molar-refractivity contribution < 1.29 is 67.0 Å². The van der Waals surface area contributed by atoms with Gasteiger partial charge in [0.2, 0.25) is 7.59 Å². The Morgan fingerprint density at radius 1 is 0.603 bits per heavy atom. The Labute approximate surface area is 430 Å². The summed E-state index contributed by atoms with van der Waals surface area (Å²) in [5.41, 5.74) is -1.40. The number of esters is 1. The van der Waals surface area contributed by atoms with E-state index in [-0.39, 0.29) is 31.3 Å². The van der Waals surface area contributed by atoms with Gasteiger partial charge in [-0.15, -0.1) is 0 Å². The molecule has 14 nitrogen and oxygen atoms in total. The summed E-state index contributed by atoms with van der Waals surface area (Å²) in [6.07, 6.45) is -5.26. The van der Waals surface area contributed by atoms with E-state index in [4.69, 9.17) is 103 Å². The summed E-state index contributed by atoms with van der Waals surface area (Å²) in [7, 11) is 0. The van der Waals surface area contributed by atoms with Gasteiger partial charge in [0.15, 0.2) is 5.78 Å². The van der Waals surface area contributed by atoms with E-state index in [2.05, 4.69) is 0 Å². The number of alkyl halides is 6. The molecule has 0 spiro atoms. The standard InChI is InChI=1S/C27H39Cl3O8.C21H27Cl3O6/c1-17(14-35-15-19-11-9-8-10-12-19)22(37-24(34)36-16-27(28,29)30)18(2)23(33)26(6,7)20(31)13-21(32)38-25(3,4)5;1-14(10-28-11-16-8-6-5-7-9-16)17(15(2)18(26)20(3,4)12-25)30-19(27)29-13-21(22,23)24/h8-12,17-18,20,22,31H,13-16H2,1-7H3;5-9,12,14-15,17H,10-11,13H2,1-4H3/t17-,18+,20?,22-;14-,15+,17-/m00/s1. The molecule has 20 heteroatoms. The molecular formula is C48H66Cl6O14. The van der Waals surface area contributed by atoms with Crippen molar-refractivity contribution in [2.75, 3.05) is 26.4 Å². The van der Waals surface area contributed by atoms with Crippen molar-refractivity contribution in [1.82, 2.24) is 0 Å². The van der Waals surface area contributed by atoms with Gasteiger partial charge >= 0.3 is 18.3 Å². The van der Waals surface area contributed by atoms with Crippen LogP contribution in [0.4, 0.5) is 9.59 Å². The van der Waals surface area contributed by atoms with Gasteiger partial charge < -0.3 is 43.1 Å². The van der Waals surface area contributed by atoms with Crippen molar-refractivity contribution in [3.05, 3.63) is 71.8 Å². The lowest BCUT2D eigenvalue weighted by Crippen LogP contribution is -2.47. The Balaban J connectivity index is 0.000000699. The van der Waals surface area contributed by atoms with E-state index in [0.717, 1.165) is 11.1 Å². The number of hydrogen-bond donors (Lipinski definition) is 1. The third-order valence-electron chi connectivity index (χ3n) is 10.3. The third kappa shape index (κ3) is 24.8. The second kappa shape index (κ2) is 28.8. The van der Waals surface area contributed by atoms with Gasteiger partial charge in [0.25, 0.3) is 0 Å². The molecule has 2 rings (SSSR count). The number of benzene rings is 2. The van der Waals surface area contributed by atoms with E-state index in [0.29, 0.717) is 19.5 Å². The van der Waals surface area contributed by atoms with Gasteiger partial charge in [-0.1, -0.05) is 172 Å². The van der Waals surface area contributed by atoms with E-state index >= 15 is 0 Å². The smallest absolute Gasteiger partial charge is 0.460 e. The largest absolute Gasteiger partial charge is 0.508 e. The number of aliphatic hydroxyl groups is 1. The highest BCUT2D eigenvalue weighted by atomic mass is 35.6. The van der Waals surface area contributed by atoms with Gasteiger partial charge in [-0.05, 0) is 45.7 Å². The number of Topliss-reactive ketones (excluding diaryl/α,β-unsaturated/α-hetero) is 2. The average molecular weight is 1080 g/mol. The highest BCUT2D eigenvalue weighted by Crippen LogP contribution is 2.34. The summed E-state index contributed by atoms with van der Waals surface area (Å²) in [6, 6.07) is 19.0. The summed E-state index contributed by atoms with van der Waals surface area (Å²) in [6.45, 7) is 17.9. The Morgan fingerprint density at radius 3 is 1.31 bits per heavy atom. The molecule has 2 aromatic rings. The number of carbonyl (C=O) groups excluding carboxylic acids is 6. The number of rotatable bonds is 24. The first-order chi connectivity index (χ1) is 31.2. The molecular weight excluding hydrogens is 1010 g/mol. The van der Waals surface area contributed by atoms with Gasteiger partial charge in [0.1, 0.15) is 43.1 Å². The van der Waals surface area contributed by atoms with Gasteiger partial charge in [-0.25, -0.2) is 9.59 Å². The van der Waals surface area contributed by atoms with E-state index < -0.39 is 97.4 Å². The molecule has 0 aliphatic carbocycles. The monoisotopic (exact) mass is 1080 g/mol. The molecule has 384 valence electrons. The lowest BCUT2D eigenvalue weighted by Gasteiger charge is -2.35. The molecule has 0 aliphatic rings. The van der Waals surface area contributed by atoms with Crippen LogP contribution in [0.1, 0.15) is 93.7 Å². The van der Waals surface area contributed by atoms with Crippen LogP contribution in [0.15, 0.2) is 60.7 Å². The molecule has 0 aliphatic heterocycles. The lowest BCUT2D eigenvalue weighted by atomic mass is 9.73. The van der Waals surface area contributed by atoms with Crippen LogP contribution in [0.3, 0.4) is 0 Å². The molecule has 0 amide bonds. The number of halogens is 6. The second-order valence-electron chi connectivity index (χ2n) is 18.6. The first kappa shape index (κ1) is 63.1. The fourth-order valence-corrected chi connectivity index (χ4v) is 6.88. The normalized spacial score (nSPS) is 15.4. The van der Waals surface area contributed by atoms with Crippen molar-refractivity contribution in [2.24, 2.45) is 34.5 Å². The van der Waals surface area contributed by atoms with Crippen molar-refractivity contribution in [2.45, 2.75) is 127 Å². The molecule has 1 unspecified atom stereocenters. The van der Waals surface area contributed by atoms with Crippen LogP contribution < -0.4 is 0 Å². The number of carbonyl (C=O) groups is 6.